The number of carboxylic acid groups (broad SMARTS) is 1. The van der Waals surface area contributed by atoms with Crippen molar-refractivity contribution in [2.45, 2.75) is 13.5 Å². The molecule has 0 amide bonds. The molecule has 17 heavy (non-hydrogen) atoms. The molecule has 2 rings (SSSR count). The molecule has 1 heterocycles. The van der Waals surface area contributed by atoms with E-state index >= 15 is 0 Å². The Morgan fingerprint density at radius 2 is 2.18 bits per heavy atom. The Hall–Kier alpha value is -1.88. The highest BCUT2D eigenvalue weighted by Gasteiger charge is 2.21. The summed E-state index contributed by atoms with van der Waals surface area (Å²) in [6.07, 6.45) is 0. The molecule has 0 saturated carbocycles. The molecule has 2 aromatic rings. The van der Waals surface area contributed by atoms with Crippen LogP contribution in [0.5, 0.6) is 0 Å². The topological polar surface area (TPSA) is 62.5 Å². The molecule has 1 aromatic heterocycles. The Morgan fingerprint density at radius 3 is 2.76 bits per heavy atom. The van der Waals surface area contributed by atoms with Crippen LogP contribution in [0.3, 0.4) is 0 Å². The molecule has 5 heteroatoms. The minimum Gasteiger partial charge on any atom is -0.477 e. The molecule has 0 aliphatic carbocycles. The molecule has 0 saturated heterocycles. The van der Waals surface area contributed by atoms with E-state index in [-0.39, 0.29) is 24.4 Å². The number of aromatic nitrogens is 1. The van der Waals surface area contributed by atoms with Crippen molar-refractivity contribution in [3.05, 3.63) is 35.3 Å². The van der Waals surface area contributed by atoms with Gasteiger partial charge in [0.2, 0.25) is 0 Å². The SMILES string of the molecule is Cc1c(C(=O)O)n(CCO)c2c(F)cccc12. The van der Waals surface area contributed by atoms with Gasteiger partial charge >= 0.3 is 5.97 Å². The predicted molar refractivity (Wildman–Crippen MR) is 60.7 cm³/mol. The van der Waals surface area contributed by atoms with Gasteiger partial charge in [-0.05, 0) is 18.6 Å². The number of benzene rings is 1. The van der Waals surface area contributed by atoms with E-state index in [1.165, 1.54) is 10.6 Å². The summed E-state index contributed by atoms with van der Waals surface area (Å²) < 4.78 is 15.0. The van der Waals surface area contributed by atoms with Crippen molar-refractivity contribution in [1.82, 2.24) is 4.57 Å². The van der Waals surface area contributed by atoms with Crippen LogP contribution in [-0.4, -0.2) is 27.4 Å². The molecule has 0 bridgehead atoms. The van der Waals surface area contributed by atoms with Crippen LogP contribution in [0.25, 0.3) is 10.9 Å². The summed E-state index contributed by atoms with van der Waals surface area (Å²) in [6.45, 7) is 1.46. The highest BCUT2D eigenvalue weighted by molar-refractivity contribution is 5.98. The first-order valence-corrected chi connectivity index (χ1v) is 5.19. The summed E-state index contributed by atoms with van der Waals surface area (Å²) in [6, 6.07) is 4.49. The van der Waals surface area contributed by atoms with Gasteiger partial charge in [-0.3, -0.25) is 0 Å². The number of hydrogen-bond donors (Lipinski definition) is 2. The Balaban J connectivity index is 2.88. The largest absolute Gasteiger partial charge is 0.477 e. The predicted octanol–water partition coefficient (Wildman–Crippen LogP) is 1.78. The number of hydrogen-bond acceptors (Lipinski definition) is 2. The molecule has 2 N–H and O–H groups in total. The van der Waals surface area contributed by atoms with E-state index in [0.717, 1.165) is 0 Å². The molecule has 0 unspecified atom stereocenters. The third-order valence-electron chi connectivity index (χ3n) is 2.81. The summed E-state index contributed by atoms with van der Waals surface area (Å²) in [4.78, 5) is 11.2. The first kappa shape index (κ1) is 11.6. The van der Waals surface area contributed by atoms with Crippen LogP contribution in [0, 0.1) is 12.7 Å². The number of rotatable bonds is 3. The first-order valence-electron chi connectivity index (χ1n) is 5.19. The van der Waals surface area contributed by atoms with Gasteiger partial charge in [0.05, 0.1) is 12.1 Å². The van der Waals surface area contributed by atoms with Crippen molar-refractivity contribution in [1.29, 1.82) is 0 Å². The van der Waals surface area contributed by atoms with Gasteiger partial charge in [-0.15, -0.1) is 0 Å². The summed E-state index contributed by atoms with van der Waals surface area (Å²) >= 11 is 0. The zero-order valence-corrected chi connectivity index (χ0v) is 9.27. The fraction of sp³-hybridized carbons (Fsp3) is 0.250. The van der Waals surface area contributed by atoms with Gasteiger partial charge in [-0.25, -0.2) is 9.18 Å². The lowest BCUT2D eigenvalue weighted by atomic mass is 10.1. The van der Waals surface area contributed by atoms with Crippen molar-refractivity contribution in [2.24, 2.45) is 0 Å². The lowest BCUT2D eigenvalue weighted by Gasteiger charge is -2.06. The van der Waals surface area contributed by atoms with Gasteiger partial charge in [-0.1, -0.05) is 12.1 Å². The molecule has 0 radical (unpaired) electrons. The summed E-state index contributed by atoms with van der Waals surface area (Å²) in [7, 11) is 0. The standard InChI is InChI=1S/C12H12FNO3/c1-7-8-3-2-4-9(13)11(8)14(5-6-15)10(7)12(16)17/h2-4,15H,5-6H2,1H3,(H,16,17). The Bertz CT molecular complexity index is 589. The Morgan fingerprint density at radius 1 is 1.47 bits per heavy atom. The van der Waals surface area contributed by atoms with Crippen molar-refractivity contribution < 1.29 is 19.4 Å². The third kappa shape index (κ3) is 1.68. The van der Waals surface area contributed by atoms with Crippen molar-refractivity contribution in [3.63, 3.8) is 0 Å². The minimum absolute atomic E-state index is 0.0270. The minimum atomic E-state index is -1.12. The van der Waals surface area contributed by atoms with Crippen molar-refractivity contribution in [2.75, 3.05) is 6.61 Å². The fourth-order valence-electron chi connectivity index (χ4n) is 2.13. The normalized spacial score (nSPS) is 11.0. The van der Waals surface area contributed by atoms with E-state index in [4.69, 9.17) is 10.2 Å². The number of carboxylic acids is 1. The second-order valence-corrected chi connectivity index (χ2v) is 3.79. The number of fused-ring (bicyclic) bond motifs is 1. The van der Waals surface area contributed by atoms with E-state index < -0.39 is 11.8 Å². The smallest absolute Gasteiger partial charge is 0.352 e. The van der Waals surface area contributed by atoms with Crippen LogP contribution in [0.4, 0.5) is 4.39 Å². The van der Waals surface area contributed by atoms with E-state index in [2.05, 4.69) is 0 Å². The van der Waals surface area contributed by atoms with Crippen molar-refractivity contribution >= 4 is 16.9 Å². The zero-order chi connectivity index (χ0) is 12.6. The summed E-state index contributed by atoms with van der Waals surface area (Å²) in [5.41, 5.74) is 0.774. The molecular formula is C12H12FNO3. The number of halogens is 1. The number of carbonyl (C=O) groups is 1. The van der Waals surface area contributed by atoms with Gasteiger partial charge < -0.3 is 14.8 Å². The molecule has 0 spiro atoms. The monoisotopic (exact) mass is 237 g/mol. The maximum Gasteiger partial charge on any atom is 0.352 e. The zero-order valence-electron chi connectivity index (χ0n) is 9.27. The van der Waals surface area contributed by atoms with E-state index in [1.807, 2.05) is 0 Å². The molecule has 0 fully saturated rings. The molecule has 1 aromatic carbocycles. The lowest BCUT2D eigenvalue weighted by molar-refractivity contribution is 0.0683. The van der Waals surface area contributed by atoms with Crippen LogP contribution in [-0.2, 0) is 6.54 Å². The second-order valence-electron chi connectivity index (χ2n) is 3.79. The third-order valence-corrected chi connectivity index (χ3v) is 2.81. The maximum absolute atomic E-state index is 13.7. The summed E-state index contributed by atoms with van der Waals surface area (Å²) in [5.74, 6) is -1.60. The van der Waals surface area contributed by atoms with Crippen LogP contribution in [0.1, 0.15) is 16.1 Å². The lowest BCUT2D eigenvalue weighted by Crippen LogP contribution is -2.12. The van der Waals surface area contributed by atoms with E-state index in [1.54, 1.807) is 19.1 Å². The molecule has 0 aliphatic rings. The van der Waals surface area contributed by atoms with Crippen LogP contribution >= 0.6 is 0 Å². The van der Waals surface area contributed by atoms with Crippen LogP contribution in [0.15, 0.2) is 18.2 Å². The maximum atomic E-state index is 13.7. The second kappa shape index (κ2) is 4.18. The van der Waals surface area contributed by atoms with Gasteiger partial charge in [-0.2, -0.15) is 0 Å². The Kier molecular flexibility index (Phi) is 2.85. The summed E-state index contributed by atoms with van der Waals surface area (Å²) in [5, 5.41) is 18.7. The first-order chi connectivity index (χ1) is 8.07. The van der Waals surface area contributed by atoms with E-state index in [0.29, 0.717) is 10.9 Å². The van der Waals surface area contributed by atoms with Gasteiger partial charge in [0.1, 0.15) is 11.5 Å². The highest BCUT2D eigenvalue weighted by atomic mass is 19.1. The number of aromatic carboxylic acids is 1. The number of aryl methyl sites for hydroxylation is 1. The highest BCUT2D eigenvalue weighted by Crippen LogP contribution is 2.27. The van der Waals surface area contributed by atoms with Gasteiger partial charge in [0, 0.05) is 11.9 Å². The molecule has 0 aliphatic heterocycles. The molecule has 4 nitrogen and oxygen atoms in total. The fourth-order valence-corrected chi connectivity index (χ4v) is 2.13. The van der Waals surface area contributed by atoms with Crippen molar-refractivity contribution in [3.8, 4) is 0 Å². The van der Waals surface area contributed by atoms with E-state index in [9.17, 15) is 9.18 Å². The number of aliphatic hydroxyl groups is 1. The molecule has 90 valence electrons. The average molecular weight is 237 g/mol. The van der Waals surface area contributed by atoms with Crippen LogP contribution in [0.2, 0.25) is 0 Å². The number of para-hydroxylation sites is 1. The number of nitrogens with zero attached hydrogens (tertiary/aromatic N) is 1. The Labute approximate surface area is 96.9 Å². The van der Waals surface area contributed by atoms with Gasteiger partial charge in [0.25, 0.3) is 0 Å². The number of aliphatic hydroxyl groups excluding tert-OH is 1. The van der Waals surface area contributed by atoms with Crippen LogP contribution < -0.4 is 0 Å². The molecular weight excluding hydrogens is 225 g/mol. The molecule has 0 atom stereocenters. The average Bonchev–Trinajstić information content (AvgIpc) is 2.54. The quantitative estimate of drug-likeness (QED) is 0.855. The van der Waals surface area contributed by atoms with Gasteiger partial charge in [0.15, 0.2) is 0 Å².